The lowest BCUT2D eigenvalue weighted by Gasteiger charge is -2.06. The molecule has 0 fully saturated rings. The van der Waals surface area contributed by atoms with Crippen LogP contribution in [0.3, 0.4) is 0 Å². The number of carbonyl (C=O) groups is 1. The average molecular weight is 310 g/mol. The lowest BCUT2D eigenvalue weighted by Crippen LogP contribution is -2.15. The molecule has 2 aromatic heterocycles. The number of nitrogens with one attached hydrogen (secondary N) is 2. The lowest BCUT2D eigenvalue weighted by molar-refractivity contribution is 0.102. The molecular weight excluding hydrogens is 298 g/mol. The van der Waals surface area contributed by atoms with E-state index < -0.39 is 0 Å². The Balaban J connectivity index is 2.24. The number of nitrogens with two attached hydrogens (primary N) is 1. The van der Waals surface area contributed by atoms with Gasteiger partial charge in [0, 0.05) is 0 Å². The zero-order valence-corrected chi connectivity index (χ0v) is 11.5. The van der Waals surface area contributed by atoms with Gasteiger partial charge in [-0.15, -0.1) is 0 Å². The van der Waals surface area contributed by atoms with Gasteiger partial charge in [-0.1, -0.05) is 0 Å². The maximum Gasteiger partial charge on any atom is 0.278 e. The molecule has 2 aromatic rings. The fraction of sp³-hybridized carbons (Fsp3) is 0.182. The smallest absolute Gasteiger partial charge is 0.278 e. The molecule has 2 heterocycles. The number of rotatable bonds is 2. The fourth-order valence-corrected chi connectivity index (χ4v) is 1.85. The van der Waals surface area contributed by atoms with Gasteiger partial charge in [0.15, 0.2) is 5.69 Å². The van der Waals surface area contributed by atoms with Gasteiger partial charge >= 0.3 is 0 Å². The van der Waals surface area contributed by atoms with Crippen molar-refractivity contribution in [3.05, 3.63) is 33.8 Å². The van der Waals surface area contributed by atoms with Crippen LogP contribution >= 0.6 is 15.9 Å². The number of hydrogen-bond donors (Lipinski definition) is 3. The Morgan fingerprint density at radius 3 is 2.72 bits per heavy atom. The van der Waals surface area contributed by atoms with Crippen LogP contribution in [-0.2, 0) is 0 Å². The summed E-state index contributed by atoms with van der Waals surface area (Å²) in [7, 11) is 0. The van der Waals surface area contributed by atoms with Crippen LogP contribution in [-0.4, -0.2) is 21.1 Å². The van der Waals surface area contributed by atoms with E-state index in [4.69, 9.17) is 5.73 Å². The maximum absolute atomic E-state index is 12.0. The van der Waals surface area contributed by atoms with E-state index >= 15 is 0 Å². The number of amides is 1. The van der Waals surface area contributed by atoms with Crippen LogP contribution in [0, 0.1) is 13.8 Å². The van der Waals surface area contributed by atoms with Gasteiger partial charge in [-0.05, 0) is 41.9 Å². The number of H-pyrrole nitrogens is 1. The number of aromatic amines is 1. The summed E-state index contributed by atoms with van der Waals surface area (Å²) in [6.07, 6.45) is 0. The molecule has 1 amide bonds. The van der Waals surface area contributed by atoms with Crippen LogP contribution in [0.2, 0.25) is 0 Å². The number of carbonyl (C=O) groups excluding carboxylic acids is 1. The van der Waals surface area contributed by atoms with Crippen molar-refractivity contribution in [3.8, 4) is 0 Å². The lowest BCUT2D eigenvalue weighted by atomic mass is 10.2. The van der Waals surface area contributed by atoms with Crippen LogP contribution in [0.4, 0.5) is 11.4 Å². The van der Waals surface area contributed by atoms with Gasteiger partial charge in [-0.3, -0.25) is 9.89 Å². The molecule has 6 nitrogen and oxygen atoms in total. The Morgan fingerprint density at radius 1 is 1.44 bits per heavy atom. The van der Waals surface area contributed by atoms with Crippen molar-refractivity contribution in [1.82, 2.24) is 15.2 Å². The van der Waals surface area contributed by atoms with Crippen LogP contribution in [0.1, 0.15) is 21.9 Å². The molecule has 0 unspecified atom stereocenters. The first-order chi connectivity index (χ1) is 8.49. The van der Waals surface area contributed by atoms with E-state index in [1.54, 1.807) is 26.0 Å². The Labute approximate surface area is 112 Å². The van der Waals surface area contributed by atoms with Gasteiger partial charge in [0.1, 0.15) is 4.60 Å². The second-order valence-electron chi connectivity index (χ2n) is 3.83. The van der Waals surface area contributed by atoms with Crippen molar-refractivity contribution >= 4 is 33.2 Å². The van der Waals surface area contributed by atoms with Gasteiger partial charge < -0.3 is 11.1 Å². The Bertz CT molecular complexity index is 607. The van der Waals surface area contributed by atoms with Crippen LogP contribution in [0.5, 0.6) is 0 Å². The summed E-state index contributed by atoms with van der Waals surface area (Å²) in [5.74, 6) is -0.357. The van der Waals surface area contributed by atoms with Crippen molar-refractivity contribution < 1.29 is 4.79 Å². The number of nitrogen functional groups attached to an aromatic ring is 1. The molecule has 0 atom stereocenters. The molecule has 0 aliphatic rings. The number of pyridine rings is 1. The predicted molar refractivity (Wildman–Crippen MR) is 72.4 cm³/mol. The van der Waals surface area contributed by atoms with E-state index in [0.29, 0.717) is 27.4 Å². The van der Waals surface area contributed by atoms with E-state index in [9.17, 15) is 4.79 Å². The number of anilines is 2. The molecule has 7 heteroatoms. The molecule has 0 saturated carbocycles. The minimum atomic E-state index is -0.357. The second-order valence-corrected chi connectivity index (χ2v) is 4.64. The monoisotopic (exact) mass is 309 g/mol. The van der Waals surface area contributed by atoms with E-state index in [2.05, 4.69) is 36.4 Å². The largest absolute Gasteiger partial charge is 0.395 e. The summed E-state index contributed by atoms with van der Waals surface area (Å²) in [4.78, 5) is 16.2. The number of hydrogen-bond acceptors (Lipinski definition) is 4. The zero-order valence-electron chi connectivity index (χ0n) is 9.91. The molecule has 2 rings (SSSR count). The highest BCUT2D eigenvalue weighted by Gasteiger charge is 2.16. The normalized spacial score (nSPS) is 10.4. The van der Waals surface area contributed by atoms with Gasteiger partial charge in [-0.2, -0.15) is 5.10 Å². The summed E-state index contributed by atoms with van der Waals surface area (Å²) in [5.41, 5.74) is 8.30. The van der Waals surface area contributed by atoms with Crippen molar-refractivity contribution in [3.63, 3.8) is 0 Å². The Kier molecular flexibility index (Phi) is 3.33. The highest BCUT2D eigenvalue weighted by molar-refractivity contribution is 9.10. The quantitative estimate of drug-likeness (QED) is 0.739. The molecule has 0 aliphatic carbocycles. The topological polar surface area (TPSA) is 96.7 Å². The predicted octanol–water partition coefficient (Wildman–Crippen LogP) is 2.02. The molecule has 94 valence electrons. The molecule has 0 aromatic carbocycles. The van der Waals surface area contributed by atoms with Gasteiger partial charge in [0.05, 0.1) is 22.8 Å². The number of nitrogens with zero attached hydrogens (tertiary/aromatic N) is 2. The molecule has 18 heavy (non-hydrogen) atoms. The first kappa shape index (κ1) is 12.6. The van der Waals surface area contributed by atoms with E-state index in [-0.39, 0.29) is 11.6 Å². The van der Waals surface area contributed by atoms with E-state index in [1.807, 2.05) is 0 Å². The first-order valence-corrected chi connectivity index (χ1v) is 6.03. The molecule has 0 saturated heterocycles. The van der Waals surface area contributed by atoms with Crippen molar-refractivity contribution in [2.45, 2.75) is 13.8 Å². The standard InChI is InChI=1S/C11H12BrN5O/c1-5-7(3-4-8(12)14-5)15-11(18)10-9(13)6(2)16-17-10/h3-4H,13H2,1-2H3,(H,15,18)(H,16,17). The number of aryl methyl sites for hydroxylation is 2. The van der Waals surface area contributed by atoms with Crippen molar-refractivity contribution in [2.24, 2.45) is 0 Å². The van der Waals surface area contributed by atoms with Gasteiger partial charge in [0.2, 0.25) is 0 Å². The maximum atomic E-state index is 12.0. The third-order valence-electron chi connectivity index (χ3n) is 2.51. The SMILES string of the molecule is Cc1nc(Br)ccc1NC(=O)c1n[nH]c(C)c1N. The molecule has 0 aliphatic heterocycles. The molecule has 0 bridgehead atoms. The minimum Gasteiger partial charge on any atom is -0.395 e. The highest BCUT2D eigenvalue weighted by Crippen LogP contribution is 2.19. The highest BCUT2D eigenvalue weighted by atomic mass is 79.9. The van der Waals surface area contributed by atoms with Crippen LogP contribution in [0.25, 0.3) is 0 Å². The van der Waals surface area contributed by atoms with Crippen LogP contribution in [0.15, 0.2) is 16.7 Å². The van der Waals surface area contributed by atoms with Crippen molar-refractivity contribution in [2.75, 3.05) is 11.1 Å². The summed E-state index contributed by atoms with van der Waals surface area (Å²) < 4.78 is 0.716. The number of aromatic nitrogens is 3. The molecule has 0 spiro atoms. The van der Waals surface area contributed by atoms with Gasteiger partial charge in [0.25, 0.3) is 5.91 Å². The summed E-state index contributed by atoms with van der Waals surface area (Å²) in [6.45, 7) is 3.56. The van der Waals surface area contributed by atoms with Crippen molar-refractivity contribution in [1.29, 1.82) is 0 Å². The Hall–Kier alpha value is -1.89. The number of halogens is 1. The van der Waals surface area contributed by atoms with E-state index in [1.165, 1.54) is 0 Å². The first-order valence-electron chi connectivity index (χ1n) is 5.24. The summed E-state index contributed by atoms with van der Waals surface area (Å²) in [6, 6.07) is 3.52. The minimum absolute atomic E-state index is 0.190. The zero-order chi connectivity index (χ0) is 13.3. The average Bonchev–Trinajstić information content (AvgIpc) is 2.64. The van der Waals surface area contributed by atoms with Gasteiger partial charge in [-0.25, -0.2) is 4.98 Å². The molecule has 4 N–H and O–H groups in total. The fourth-order valence-electron chi connectivity index (χ4n) is 1.45. The van der Waals surface area contributed by atoms with E-state index in [0.717, 1.165) is 0 Å². The molecular formula is C11H12BrN5O. The third-order valence-corrected chi connectivity index (χ3v) is 2.95. The summed E-state index contributed by atoms with van der Waals surface area (Å²) in [5, 5.41) is 9.26. The Morgan fingerprint density at radius 2 is 2.17 bits per heavy atom. The summed E-state index contributed by atoms with van der Waals surface area (Å²) >= 11 is 3.26. The van der Waals surface area contributed by atoms with Crippen LogP contribution < -0.4 is 11.1 Å². The third kappa shape index (κ3) is 2.35. The molecule has 0 radical (unpaired) electrons. The second kappa shape index (κ2) is 4.77.